The summed E-state index contributed by atoms with van der Waals surface area (Å²) in [5.74, 6) is -1.89. The zero-order valence-corrected chi connectivity index (χ0v) is 16.3. The molecule has 0 saturated heterocycles. The van der Waals surface area contributed by atoms with E-state index in [9.17, 15) is 31.9 Å². The van der Waals surface area contributed by atoms with Gasteiger partial charge in [-0.2, -0.15) is 13.2 Å². The van der Waals surface area contributed by atoms with E-state index >= 15 is 0 Å². The van der Waals surface area contributed by atoms with Crippen molar-refractivity contribution in [1.82, 2.24) is 19.3 Å². The van der Waals surface area contributed by atoms with Crippen molar-refractivity contribution < 1.29 is 22.4 Å². The maximum absolute atomic E-state index is 14.2. The number of nitrogens with zero attached hydrogens (tertiary/aromatic N) is 4. The summed E-state index contributed by atoms with van der Waals surface area (Å²) in [5.41, 5.74) is -4.82. The highest BCUT2D eigenvalue weighted by molar-refractivity contribution is 7.15. The Balaban J connectivity index is 2.05. The van der Waals surface area contributed by atoms with Gasteiger partial charge < -0.3 is 0 Å². The maximum Gasteiger partial charge on any atom is 0.431 e. The molecule has 30 heavy (non-hydrogen) atoms. The molecule has 13 heteroatoms. The number of carbonyl (C=O) groups is 1. The summed E-state index contributed by atoms with van der Waals surface area (Å²) in [4.78, 5) is 37.0. The molecule has 0 fully saturated rings. The first-order chi connectivity index (χ1) is 14.0. The van der Waals surface area contributed by atoms with Gasteiger partial charge in [-0.05, 0) is 24.6 Å². The smallest absolute Gasteiger partial charge is 0.296 e. The Labute approximate surface area is 169 Å². The van der Waals surface area contributed by atoms with Gasteiger partial charge in [0.1, 0.15) is 16.5 Å². The van der Waals surface area contributed by atoms with E-state index in [0.29, 0.717) is 16.0 Å². The molecule has 1 aromatic carbocycles. The van der Waals surface area contributed by atoms with Crippen molar-refractivity contribution in [2.45, 2.75) is 19.5 Å². The summed E-state index contributed by atoms with van der Waals surface area (Å²) in [6.07, 6.45) is -4.34. The monoisotopic (exact) mass is 443 g/mol. The zero-order valence-electron chi connectivity index (χ0n) is 15.5. The number of benzene rings is 1. The van der Waals surface area contributed by atoms with Gasteiger partial charge in [-0.1, -0.05) is 18.3 Å². The number of hydrogen-bond donors (Lipinski definition) is 1. The first-order valence-electron chi connectivity index (χ1n) is 8.37. The van der Waals surface area contributed by atoms with Gasteiger partial charge in [-0.3, -0.25) is 19.5 Å². The molecule has 2 aromatic heterocycles. The third-order valence-corrected chi connectivity index (χ3v) is 5.04. The van der Waals surface area contributed by atoms with Crippen molar-refractivity contribution >= 4 is 22.4 Å². The van der Waals surface area contributed by atoms with Crippen LogP contribution in [-0.2, 0) is 19.6 Å². The summed E-state index contributed by atoms with van der Waals surface area (Å²) < 4.78 is 53.8. The summed E-state index contributed by atoms with van der Waals surface area (Å²) in [7, 11) is 0.846. The molecule has 3 rings (SSSR count). The lowest BCUT2D eigenvalue weighted by Crippen LogP contribution is -2.40. The van der Waals surface area contributed by atoms with Gasteiger partial charge >= 0.3 is 11.9 Å². The van der Waals surface area contributed by atoms with E-state index in [4.69, 9.17) is 0 Å². The highest BCUT2D eigenvalue weighted by Crippen LogP contribution is 2.27. The number of amides is 1. The molecule has 0 aliphatic carbocycles. The fourth-order valence-electron chi connectivity index (χ4n) is 2.57. The number of carbonyl (C=O) groups excluding carboxylic acids is 1. The van der Waals surface area contributed by atoms with E-state index in [1.165, 1.54) is 0 Å². The first-order valence-corrected chi connectivity index (χ1v) is 9.18. The lowest BCUT2D eigenvalue weighted by molar-refractivity contribution is -0.144. The molecule has 0 aliphatic rings. The van der Waals surface area contributed by atoms with Crippen molar-refractivity contribution in [3.05, 3.63) is 67.2 Å². The van der Waals surface area contributed by atoms with Gasteiger partial charge in [0, 0.05) is 13.1 Å². The fourth-order valence-corrected chi connectivity index (χ4v) is 3.25. The number of aryl methyl sites for hydroxylation is 1. The van der Waals surface area contributed by atoms with Crippen molar-refractivity contribution in [3.8, 4) is 5.69 Å². The van der Waals surface area contributed by atoms with Crippen LogP contribution in [0.15, 0.2) is 33.9 Å². The topological polar surface area (TPSA) is 98.9 Å². The van der Waals surface area contributed by atoms with Gasteiger partial charge in [-0.15, -0.1) is 10.2 Å². The molecule has 158 valence electrons. The normalized spacial score (nSPS) is 11.5. The molecule has 1 N–H and O–H groups in total. The van der Waals surface area contributed by atoms with Crippen LogP contribution in [0.2, 0.25) is 0 Å². The van der Waals surface area contributed by atoms with Gasteiger partial charge in [0.05, 0.1) is 11.3 Å². The number of alkyl halides is 3. The van der Waals surface area contributed by atoms with E-state index in [1.807, 2.05) is 6.92 Å². The number of aromatic nitrogens is 4. The van der Waals surface area contributed by atoms with Crippen LogP contribution in [0.5, 0.6) is 0 Å². The van der Waals surface area contributed by atoms with E-state index in [0.717, 1.165) is 36.6 Å². The second-order valence-electron chi connectivity index (χ2n) is 6.02. The molecule has 0 aliphatic heterocycles. The quantitative estimate of drug-likeness (QED) is 0.625. The van der Waals surface area contributed by atoms with E-state index < -0.39 is 40.4 Å². The molecule has 0 spiro atoms. The summed E-state index contributed by atoms with van der Waals surface area (Å²) in [6, 6.07) is 2.97. The summed E-state index contributed by atoms with van der Waals surface area (Å²) >= 11 is 1.08. The predicted molar refractivity (Wildman–Crippen MR) is 99.5 cm³/mol. The Morgan fingerprint density at radius 1 is 1.20 bits per heavy atom. The largest absolute Gasteiger partial charge is 0.431 e. The van der Waals surface area contributed by atoms with Gasteiger partial charge in [-0.25, -0.2) is 13.8 Å². The van der Waals surface area contributed by atoms with Crippen LogP contribution in [0, 0.1) is 5.82 Å². The summed E-state index contributed by atoms with van der Waals surface area (Å²) in [6.45, 7) is 1.83. The van der Waals surface area contributed by atoms with Crippen molar-refractivity contribution in [1.29, 1.82) is 0 Å². The second kappa shape index (κ2) is 7.82. The highest BCUT2D eigenvalue weighted by Gasteiger charge is 2.35. The predicted octanol–water partition coefficient (Wildman–Crippen LogP) is 2.36. The Morgan fingerprint density at radius 2 is 1.90 bits per heavy atom. The number of anilines is 1. The van der Waals surface area contributed by atoms with Crippen molar-refractivity contribution in [3.63, 3.8) is 0 Å². The minimum atomic E-state index is -4.92. The Kier molecular flexibility index (Phi) is 5.57. The van der Waals surface area contributed by atoms with Crippen LogP contribution in [-0.4, -0.2) is 25.2 Å². The molecule has 0 saturated carbocycles. The van der Waals surface area contributed by atoms with Crippen LogP contribution in [0.25, 0.3) is 5.69 Å². The molecule has 3 aromatic rings. The van der Waals surface area contributed by atoms with Crippen LogP contribution < -0.4 is 16.6 Å². The minimum absolute atomic E-state index is 0.115. The standard InChI is InChI=1S/C17H13F4N5O3S/c1-3-12-23-24-15(30-12)22-14(28)9-6-8(4-5-10(9)18)26-13(27)7-11(17(19,20)21)25(2)16(26)29/h4-7H,3H2,1-2H3,(H,22,24,28). The molecule has 2 heterocycles. The molecular formula is C17H13F4N5O3S. The second-order valence-corrected chi connectivity index (χ2v) is 7.08. The van der Waals surface area contributed by atoms with Crippen molar-refractivity contribution in [2.75, 3.05) is 5.32 Å². The first kappa shape index (κ1) is 21.4. The van der Waals surface area contributed by atoms with Crippen LogP contribution in [0.1, 0.15) is 28.0 Å². The lowest BCUT2D eigenvalue weighted by atomic mass is 10.1. The molecule has 8 nitrogen and oxygen atoms in total. The van der Waals surface area contributed by atoms with Gasteiger partial charge in [0.2, 0.25) is 5.13 Å². The van der Waals surface area contributed by atoms with E-state index in [2.05, 4.69) is 15.5 Å². The summed E-state index contributed by atoms with van der Waals surface area (Å²) in [5, 5.41) is 10.6. The number of nitrogens with one attached hydrogen (secondary N) is 1. The number of hydrogen-bond acceptors (Lipinski definition) is 6. The maximum atomic E-state index is 14.2. The van der Waals surface area contributed by atoms with Crippen LogP contribution in [0.4, 0.5) is 22.7 Å². The number of rotatable bonds is 4. The zero-order chi connectivity index (χ0) is 22.2. The van der Waals surface area contributed by atoms with Crippen LogP contribution in [0.3, 0.4) is 0 Å². The van der Waals surface area contributed by atoms with Crippen molar-refractivity contribution in [2.24, 2.45) is 7.05 Å². The molecule has 0 bridgehead atoms. The van der Waals surface area contributed by atoms with Crippen LogP contribution >= 0.6 is 11.3 Å². The number of halogens is 4. The third kappa shape index (κ3) is 4.01. The fraction of sp³-hybridized carbons (Fsp3) is 0.235. The third-order valence-electron chi connectivity index (χ3n) is 4.05. The molecule has 0 atom stereocenters. The van der Waals surface area contributed by atoms with Gasteiger partial charge in [0.15, 0.2) is 0 Å². The Hall–Kier alpha value is -3.35. The molecule has 0 radical (unpaired) electrons. The molecular weight excluding hydrogens is 430 g/mol. The van der Waals surface area contributed by atoms with E-state index in [-0.39, 0.29) is 21.5 Å². The highest BCUT2D eigenvalue weighted by atomic mass is 32.1. The average molecular weight is 443 g/mol. The van der Waals surface area contributed by atoms with E-state index in [1.54, 1.807) is 0 Å². The minimum Gasteiger partial charge on any atom is -0.296 e. The van der Waals surface area contributed by atoms with Gasteiger partial charge in [0.25, 0.3) is 11.5 Å². The molecule has 1 amide bonds. The SMILES string of the molecule is CCc1nnc(NC(=O)c2cc(-n3c(=O)cc(C(F)(F)F)n(C)c3=O)ccc2F)s1. The average Bonchev–Trinajstić information content (AvgIpc) is 3.12. The Morgan fingerprint density at radius 3 is 2.50 bits per heavy atom. The Bertz CT molecular complexity index is 1250. The lowest BCUT2D eigenvalue weighted by Gasteiger charge is -2.14. The molecule has 0 unspecified atom stereocenters.